The monoisotopic (exact) mass is 526 g/mol. The highest BCUT2D eigenvalue weighted by atomic mass is 19.4. The van der Waals surface area contributed by atoms with Crippen molar-refractivity contribution in [2.24, 2.45) is 9.98 Å². The molecule has 2 atom stereocenters. The Labute approximate surface area is 185 Å². The van der Waals surface area contributed by atoms with Gasteiger partial charge in [0.2, 0.25) is 0 Å². The van der Waals surface area contributed by atoms with Crippen molar-refractivity contribution in [2.75, 3.05) is 0 Å². The molecule has 0 saturated heterocycles. The first-order valence-corrected chi connectivity index (χ1v) is 9.74. The van der Waals surface area contributed by atoms with Gasteiger partial charge in [-0.05, 0) is 26.7 Å². The molecule has 1 rings (SSSR count). The van der Waals surface area contributed by atoms with Gasteiger partial charge < -0.3 is 10.2 Å². The van der Waals surface area contributed by atoms with Gasteiger partial charge in [0.15, 0.2) is 0 Å². The molecule has 0 aromatic carbocycles. The van der Waals surface area contributed by atoms with E-state index in [2.05, 4.69) is 9.98 Å². The number of rotatable bonds is 6. The largest absolute Gasteiger partial charge is 0.426 e. The molecular formula is C18H22F12N2O2. The molecule has 0 heterocycles. The molecule has 1 saturated carbocycles. The highest BCUT2D eigenvalue weighted by Gasteiger charge is 2.71. The van der Waals surface area contributed by atoms with Gasteiger partial charge in [-0.3, -0.25) is 9.98 Å². The normalized spacial score (nSPS) is 22.8. The predicted octanol–water partition coefficient (Wildman–Crippen LogP) is 5.71. The van der Waals surface area contributed by atoms with E-state index in [1.165, 1.54) is 0 Å². The lowest BCUT2D eigenvalue weighted by atomic mass is 9.89. The van der Waals surface area contributed by atoms with Gasteiger partial charge in [-0.15, -0.1) is 0 Å². The third-order valence-electron chi connectivity index (χ3n) is 5.37. The van der Waals surface area contributed by atoms with Crippen LogP contribution in [0, 0.1) is 0 Å². The summed E-state index contributed by atoms with van der Waals surface area (Å²) in [5.41, 5.74) is -11.8. The Balaban J connectivity index is 3.22. The third kappa shape index (κ3) is 6.55. The maximum absolute atomic E-state index is 12.9. The van der Waals surface area contributed by atoms with Gasteiger partial charge in [0.1, 0.15) is 0 Å². The lowest BCUT2D eigenvalue weighted by Gasteiger charge is -2.34. The number of aliphatic hydroxyl groups is 2. The van der Waals surface area contributed by atoms with E-state index in [4.69, 9.17) is 0 Å². The number of hydrogen-bond acceptors (Lipinski definition) is 4. The van der Waals surface area contributed by atoms with Crippen molar-refractivity contribution in [2.45, 2.75) is 100 Å². The predicted molar refractivity (Wildman–Crippen MR) is 95.6 cm³/mol. The summed E-state index contributed by atoms with van der Waals surface area (Å²) in [6, 6.07) is -2.31. The zero-order valence-electron chi connectivity index (χ0n) is 17.7. The van der Waals surface area contributed by atoms with Gasteiger partial charge in [-0.1, -0.05) is 12.8 Å². The molecule has 1 aliphatic rings. The number of nitrogens with zero attached hydrogens (tertiary/aromatic N) is 2. The molecule has 1 unspecified atom stereocenters. The molecule has 1 fully saturated rings. The average molecular weight is 526 g/mol. The molecule has 2 N–H and O–H groups in total. The Morgan fingerprint density at radius 3 is 1.03 bits per heavy atom. The van der Waals surface area contributed by atoms with E-state index in [-0.39, 0.29) is 12.8 Å². The Morgan fingerprint density at radius 1 is 0.588 bits per heavy atom. The summed E-state index contributed by atoms with van der Waals surface area (Å²) in [7, 11) is 0. The zero-order valence-corrected chi connectivity index (χ0v) is 17.7. The fourth-order valence-corrected chi connectivity index (χ4v) is 3.51. The Bertz CT molecular complexity index is 673. The van der Waals surface area contributed by atoms with Crippen molar-refractivity contribution < 1.29 is 62.9 Å². The van der Waals surface area contributed by atoms with Crippen LogP contribution in [0.15, 0.2) is 9.98 Å². The van der Waals surface area contributed by atoms with Crippen molar-refractivity contribution in [1.29, 1.82) is 0 Å². The molecule has 4 nitrogen and oxygen atoms in total. The minimum atomic E-state index is -6.09. The lowest BCUT2D eigenvalue weighted by molar-refractivity contribution is -0.365. The molecule has 0 aromatic rings. The topological polar surface area (TPSA) is 65.2 Å². The van der Waals surface area contributed by atoms with Crippen LogP contribution in [0.25, 0.3) is 0 Å². The van der Waals surface area contributed by atoms with Crippen LogP contribution in [0.1, 0.15) is 52.4 Å². The highest BCUT2D eigenvalue weighted by molar-refractivity contribution is 5.84. The quantitative estimate of drug-likeness (QED) is 0.344. The van der Waals surface area contributed by atoms with Gasteiger partial charge in [-0.2, -0.15) is 52.7 Å². The van der Waals surface area contributed by atoms with Crippen molar-refractivity contribution in [3.63, 3.8) is 0 Å². The third-order valence-corrected chi connectivity index (χ3v) is 5.37. The van der Waals surface area contributed by atoms with Crippen LogP contribution in [0.3, 0.4) is 0 Å². The first kappa shape index (κ1) is 30.5. The molecule has 16 heteroatoms. The molecule has 0 amide bonds. The Kier molecular flexibility index (Phi) is 8.79. The summed E-state index contributed by atoms with van der Waals surface area (Å²) in [6.45, 7) is 1.55. The van der Waals surface area contributed by atoms with Gasteiger partial charge in [0.05, 0.1) is 12.1 Å². The second-order valence-electron chi connectivity index (χ2n) is 8.21. The number of aliphatic imine (C=N–C) groups is 2. The van der Waals surface area contributed by atoms with Crippen LogP contribution < -0.4 is 0 Å². The minimum absolute atomic E-state index is 0.0259. The van der Waals surface area contributed by atoms with Gasteiger partial charge in [-0.25, -0.2) is 0 Å². The van der Waals surface area contributed by atoms with Crippen LogP contribution in [-0.2, 0) is 0 Å². The molecule has 0 aliphatic heterocycles. The smallest absolute Gasteiger partial charge is 0.373 e. The van der Waals surface area contributed by atoms with E-state index in [0.29, 0.717) is 12.8 Å². The fourth-order valence-electron chi connectivity index (χ4n) is 3.51. The molecule has 1 aliphatic carbocycles. The van der Waals surface area contributed by atoms with E-state index in [1.807, 2.05) is 0 Å². The van der Waals surface area contributed by atoms with Gasteiger partial charge in [0, 0.05) is 24.3 Å². The highest BCUT2D eigenvalue weighted by Crippen LogP contribution is 2.46. The lowest BCUT2D eigenvalue weighted by Crippen LogP contribution is -2.58. The first-order chi connectivity index (χ1) is 15.0. The van der Waals surface area contributed by atoms with Crippen molar-refractivity contribution in [3.8, 4) is 0 Å². The molecular weight excluding hydrogens is 504 g/mol. The van der Waals surface area contributed by atoms with Gasteiger partial charge >= 0.3 is 24.7 Å². The molecule has 0 bridgehead atoms. The molecule has 200 valence electrons. The second-order valence-corrected chi connectivity index (χ2v) is 8.21. The summed E-state index contributed by atoms with van der Waals surface area (Å²) in [5, 5.41) is 18.6. The van der Waals surface area contributed by atoms with Crippen LogP contribution in [-0.4, -0.2) is 69.6 Å². The molecule has 0 radical (unpaired) electrons. The van der Waals surface area contributed by atoms with Crippen LogP contribution in [0.5, 0.6) is 0 Å². The average Bonchev–Trinajstić information content (AvgIpc) is 2.59. The standard InChI is InChI=1S/C18H22F12N2O2/c1-9(7-13(33,15(19,20)21)16(22,23)24)31-11-5-3-4-6-12(11)32-10(2)8-14(34,17(25,26)27)18(28,29)30/h11-12,33-34H,3-8H2,1-2H3/t11-,12?/m1/s1. The van der Waals surface area contributed by atoms with Crippen LogP contribution >= 0.6 is 0 Å². The second kappa shape index (κ2) is 9.82. The number of hydrogen-bond donors (Lipinski definition) is 2. The summed E-state index contributed by atoms with van der Waals surface area (Å²) in [6.07, 6.45) is -27.6. The van der Waals surface area contributed by atoms with Crippen molar-refractivity contribution in [1.82, 2.24) is 0 Å². The van der Waals surface area contributed by atoms with E-state index in [9.17, 15) is 62.9 Å². The first-order valence-electron chi connectivity index (χ1n) is 9.74. The number of halogens is 12. The van der Waals surface area contributed by atoms with E-state index in [0.717, 1.165) is 13.8 Å². The molecule has 0 spiro atoms. The zero-order chi connectivity index (χ0) is 27.0. The van der Waals surface area contributed by atoms with Crippen LogP contribution in [0.2, 0.25) is 0 Å². The molecule has 34 heavy (non-hydrogen) atoms. The van der Waals surface area contributed by atoms with Crippen molar-refractivity contribution >= 4 is 11.4 Å². The van der Waals surface area contributed by atoms with E-state index in [1.54, 1.807) is 0 Å². The minimum Gasteiger partial charge on any atom is -0.373 e. The summed E-state index contributed by atoms with van der Waals surface area (Å²) in [5.74, 6) is 0. The van der Waals surface area contributed by atoms with E-state index >= 15 is 0 Å². The van der Waals surface area contributed by atoms with Crippen LogP contribution in [0.4, 0.5) is 52.7 Å². The summed E-state index contributed by atoms with van der Waals surface area (Å²) >= 11 is 0. The Hall–Kier alpha value is -1.58. The Morgan fingerprint density at radius 2 is 0.824 bits per heavy atom. The maximum atomic E-state index is 12.9. The van der Waals surface area contributed by atoms with E-state index < -0.39 is 72.3 Å². The van der Waals surface area contributed by atoms with Gasteiger partial charge in [0.25, 0.3) is 11.2 Å². The maximum Gasteiger partial charge on any atom is 0.426 e. The SMILES string of the molecule is CC(CC(O)(C(F)(F)F)C(F)(F)F)=NC1CCCC[C@H]1N=C(C)CC(O)(C(F)(F)F)C(F)(F)F. The summed E-state index contributed by atoms with van der Waals surface area (Å²) in [4.78, 5) is 7.44. The fraction of sp³-hybridized carbons (Fsp3) is 0.889. The van der Waals surface area contributed by atoms with Crippen molar-refractivity contribution in [3.05, 3.63) is 0 Å². The molecule has 0 aromatic heterocycles. The number of alkyl halides is 12. The summed E-state index contributed by atoms with van der Waals surface area (Å²) < 4.78 is 155.